The van der Waals surface area contributed by atoms with Crippen molar-refractivity contribution in [2.45, 2.75) is 19.5 Å². The van der Waals surface area contributed by atoms with Crippen LogP contribution in [-0.4, -0.2) is 15.2 Å². The average molecular weight is 237 g/mol. The molecule has 0 aliphatic rings. The molecule has 1 atom stereocenters. The van der Waals surface area contributed by atoms with Gasteiger partial charge in [-0.25, -0.2) is 4.98 Å². The Balaban J connectivity index is 1.98. The fraction of sp³-hybridized carbons (Fsp3) is 0.273. The summed E-state index contributed by atoms with van der Waals surface area (Å²) in [5, 5.41) is 10.7. The first-order valence-electron chi connectivity index (χ1n) is 5.09. The van der Waals surface area contributed by atoms with Gasteiger partial charge in [-0.15, -0.1) is 0 Å². The van der Waals surface area contributed by atoms with Gasteiger partial charge in [0.15, 0.2) is 0 Å². The van der Waals surface area contributed by atoms with E-state index in [1.807, 2.05) is 24.3 Å². The Kier molecular flexibility index (Phi) is 3.54. The number of rotatable bonds is 4. The third-order valence-corrected chi connectivity index (χ3v) is 2.76. The van der Waals surface area contributed by atoms with Crippen LogP contribution in [0, 0.1) is 0 Å². The van der Waals surface area contributed by atoms with Gasteiger partial charge in [0, 0.05) is 11.1 Å². The molecule has 4 nitrogen and oxygen atoms in total. The van der Waals surface area contributed by atoms with Crippen molar-refractivity contribution >= 4 is 11.6 Å². The monoisotopic (exact) mass is 236 g/mol. The van der Waals surface area contributed by atoms with E-state index in [-0.39, 0.29) is 6.04 Å². The molecule has 0 saturated heterocycles. The van der Waals surface area contributed by atoms with Crippen LogP contribution in [0.1, 0.15) is 24.4 Å². The summed E-state index contributed by atoms with van der Waals surface area (Å²) in [4.78, 5) is 4.04. The summed E-state index contributed by atoms with van der Waals surface area (Å²) in [5.74, 6) is 0.818. The maximum Gasteiger partial charge on any atom is 0.138 e. The van der Waals surface area contributed by atoms with Crippen molar-refractivity contribution < 1.29 is 0 Å². The van der Waals surface area contributed by atoms with E-state index in [2.05, 4.69) is 27.4 Å². The van der Waals surface area contributed by atoms with Crippen molar-refractivity contribution in [1.82, 2.24) is 20.5 Å². The molecule has 5 heteroatoms. The van der Waals surface area contributed by atoms with E-state index in [1.165, 1.54) is 6.33 Å². The van der Waals surface area contributed by atoms with Crippen molar-refractivity contribution in [3.05, 3.63) is 47.0 Å². The minimum absolute atomic E-state index is 0.179. The highest BCUT2D eigenvalue weighted by Crippen LogP contribution is 2.22. The van der Waals surface area contributed by atoms with Crippen molar-refractivity contribution in [3.63, 3.8) is 0 Å². The Morgan fingerprint density at radius 3 is 2.94 bits per heavy atom. The first-order valence-corrected chi connectivity index (χ1v) is 5.47. The van der Waals surface area contributed by atoms with E-state index in [9.17, 15) is 0 Å². The maximum atomic E-state index is 6.10. The topological polar surface area (TPSA) is 53.6 Å². The standard InChI is InChI=1S/C11H13ClN4/c1-8(9-4-2-3-5-10(9)12)13-6-11-14-7-15-16-11/h2-5,7-8,13H,6H2,1H3,(H,14,15,16). The van der Waals surface area contributed by atoms with Gasteiger partial charge in [-0.3, -0.25) is 5.10 Å². The first-order chi connectivity index (χ1) is 7.77. The van der Waals surface area contributed by atoms with E-state index in [0.29, 0.717) is 6.54 Å². The number of H-pyrrole nitrogens is 1. The van der Waals surface area contributed by atoms with Crippen LogP contribution in [0.3, 0.4) is 0 Å². The van der Waals surface area contributed by atoms with E-state index in [0.717, 1.165) is 16.4 Å². The molecule has 0 bridgehead atoms. The molecule has 1 unspecified atom stereocenters. The lowest BCUT2D eigenvalue weighted by Crippen LogP contribution is -2.19. The van der Waals surface area contributed by atoms with E-state index < -0.39 is 0 Å². The third kappa shape index (κ3) is 2.59. The minimum Gasteiger partial charge on any atom is -0.303 e. The predicted octanol–water partition coefficient (Wildman–Crippen LogP) is 2.31. The van der Waals surface area contributed by atoms with Crippen LogP contribution in [0.25, 0.3) is 0 Å². The number of nitrogens with zero attached hydrogens (tertiary/aromatic N) is 2. The average Bonchev–Trinajstić information content (AvgIpc) is 2.79. The van der Waals surface area contributed by atoms with Crippen LogP contribution >= 0.6 is 11.6 Å². The smallest absolute Gasteiger partial charge is 0.138 e. The molecule has 1 aromatic carbocycles. The highest BCUT2D eigenvalue weighted by molar-refractivity contribution is 6.31. The van der Waals surface area contributed by atoms with Crippen LogP contribution in [0.15, 0.2) is 30.6 Å². The lowest BCUT2D eigenvalue weighted by molar-refractivity contribution is 0.560. The van der Waals surface area contributed by atoms with Gasteiger partial charge in [0.2, 0.25) is 0 Å². The Bertz CT molecular complexity index is 441. The lowest BCUT2D eigenvalue weighted by atomic mass is 10.1. The zero-order valence-corrected chi connectivity index (χ0v) is 9.70. The second-order valence-corrected chi connectivity index (χ2v) is 3.96. The molecular formula is C11H13ClN4. The number of hydrogen-bond donors (Lipinski definition) is 2. The second kappa shape index (κ2) is 5.09. The van der Waals surface area contributed by atoms with Gasteiger partial charge in [0.05, 0.1) is 6.54 Å². The van der Waals surface area contributed by atoms with Gasteiger partial charge in [0.25, 0.3) is 0 Å². The molecule has 84 valence electrons. The van der Waals surface area contributed by atoms with Crippen molar-refractivity contribution in [2.75, 3.05) is 0 Å². The Labute approximate surface area is 99.1 Å². The number of hydrogen-bond acceptors (Lipinski definition) is 3. The van der Waals surface area contributed by atoms with Crippen molar-refractivity contribution in [1.29, 1.82) is 0 Å². The summed E-state index contributed by atoms with van der Waals surface area (Å²) in [6.45, 7) is 2.71. The number of aromatic amines is 1. The van der Waals surface area contributed by atoms with Gasteiger partial charge in [0.1, 0.15) is 12.2 Å². The molecule has 2 aromatic rings. The number of halogens is 1. The molecule has 0 aliphatic carbocycles. The molecule has 0 radical (unpaired) electrons. The van der Waals surface area contributed by atoms with Gasteiger partial charge in [-0.1, -0.05) is 29.8 Å². The van der Waals surface area contributed by atoms with Gasteiger partial charge in [-0.2, -0.15) is 5.10 Å². The van der Waals surface area contributed by atoms with E-state index in [4.69, 9.17) is 11.6 Å². The quantitative estimate of drug-likeness (QED) is 0.857. The van der Waals surface area contributed by atoms with Crippen LogP contribution in [0.5, 0.6) is 0 Å². The van der Waals surface area contributed by atoms with E-state index in [1.54, 1.807) is 0 Å². The Morgan fingerprint density at radius 2 is 2.25 bits per heavy atom. The molecule has 1 aromatic heterocycles. The zero-order valence-electron chi connectivity index (χ0n) is 8.94. The molecule has 2 rings (SSSR count). The molecule has 1 heterocycles. The summed E-state index contributed by atoms with van der Waals surface area (Å²) in [6, 6.07) is 7.99. The van der Waals surface area contributed by atoms with Gasteiger partial charge < -0.3 is 5.32 Å². The zero-order chi connectivity index (χ0) is 11.4. The maximum absolute atomic E-state index is 6.10. The summed E-state index contributed by atoms with van der Waals surface area (Å²) in [6.07, 6.45) is 1.50. The SMILES string of the molecule is CC(NCc1ncn[nH]1)c1ccccc1Cl. The second-order valence-electron chi connectivity index (χ2n) is 3.56. The highest BCUT2D eigenvalue weighted by atomic mass is 35.5. The molecule has 2 N–H and O–H groups in total. The minimum atomic E-state index is 0.179. The number of benzene rings is 1. The van der Waals surface area contributed by atoms with Crippen LogP contribution < -0.4 is 5.32 Å². The summed E-state index contributed by atoms with van der Waals surface area (Å²) in [7, 11) is 0. The highest BCUT2D eigenvalue weighted by Gasteiger charge is 2.08. The molecule has 0 spiro atoms. The lowest BCUT2D eigenvalue weighted by Gasteiger charge is -2.14. The first kappa shape index (κ1) is 11.1. The molecule has 0 fully saturated rings. The van der Waals surface area contributed by atoms with Crippen LogP contribution in [0.2, 0.25) is 5.02 Å². The number of aromatic nitrogens is 3. The van der Waals surface area contributed by atoms with E-state index >= 15 is 0 Å². The number of nitrogens with one attached hydrogen (secondary N) is 2. The summed E-state index contributed by atoms with van der Waals surface area (Å²) in [5.41, 5.74) is 1.09. The van der Waals surface area contributed by atoms with Gasteiger partial charge >= 0.3 is 0 Å². The van der Waals surface area contributed by atoms with Crippen molar-refractivity contribution in [2.24, 2.45) is 0 Å². The Hall–Kier alpha value is -1.39. The largest absolute Gasteiger partial charge is 0.303 e. The fourth-order valence-electron chi connectivity index (χ4n) is 1.50. The van der Waals surface area contributed by atoms with Gasteiger partial charge in [-0.05, 0) is 18.6 Å². The molecular weight excluding hydrogens is 224 g/mol. The van der Waals surface area contributed by atoms with Crippen LogP contribution in [-0.2, 0) is 6.54 Å². The summed E-state index contributed by atoms with van der Waals surface area (Å²) >= 11 is 6.10. The molecule has 16 heavy (non-hydrogen) atoms. The third-order valence-electron chi connectivity index (χ3n) is 2.41. The molecule has 0 aliphatic heterocycles. The van der Waals surface area contributed by atoms with Crippen LogP contribution in [0.4, 0.5) is 0 Å². The van der Waals surface area contributed by atoms with Crippen molar-refractivity contribution in [3.8, 4) is 0 Å². The molecule has 0 amide bonds. The predicted molar refractivity (Wildman–Crippen MR) is 63.1 cm³/mol. The summed E-state index contributed by atoms with van der Waals surface area (Å²) < 4.78 is 0. The normalized spacial score (nSPS) is 12.6. The Morgan fingerprint density at radius 1 is 1.44 bits per heavy atom. The molecule has 0 saturated carbocycles. The fourth-order valence-corrected chi connectivity index (χ4v) is 1.80.